The highest BCUT2D eigenvalue weighted by Gasteiger charge is 2.15. The Bertz CT molecular complexity index is 402. The number of aryl methyl sites for hydroxylation is 1. The molecule has 1 aromatic rings. The van der Waals surface area contributed by atoms with Crippen molar-refractivity contribution in [3.05, 3.63) is 29.8 Å². The van der Waals surface area contributed by atoms with Crippen molar-refractivity contribution in [3.8, 4) is 6.07 Å². The van der Waals surface area contributed by atoms with Crippen LogP contribution in [0.15, 0.2) is 24.3 Å². The number of hydrogen-bond acceptors (Lipinski definition) is 2. The Hall–Kier alpha value is -1.49. The van der Waals surface area contributed by atoms with Crippen molar-refractivity contribution < 1.29 is 0 Å². The van der Waals surface area contributed by atoms with Gasteiger partial charge < -0.3 is 5.32 Å². The zero-order chi connectivity index (χ0) is 13.4. The number of nitriles is 1. The van der Waals surface area contributed by atoms with Gasteiger partial charge in [-0.15, -0.1) is 0 Å². The molecule has 98 valence electrons. The summed E-state index contributed by atoms with van der Waals surface area (Å²) < 4.78 is 0. The van der Waals surface area contributed by atoms with Crippen LogP contribution in [0.3, 0.4) is 0 Å². The third-order valence-electron chi connectivity index (χ3n) is 3.24. The van der Waals surface area contributed by atoms with Gasteiger partial charge >= 0.3 is 0 Å². The smallest absolute Gasteiger partial charge is 0.0683 e. The van der Waals surface area contributed by atoms with Crippen molar-refractivity contribution >= 4 is 5.69 Å². The van der Waals surface area contributed by atoms with Crippen molar-refractivity contribution in [2.45, 2.75) is 46.5 Å². The largest absolute Gasteiger partial charge is 0.385 e. The van der Waals surface area contributed by atoms with Gasteiger partial charge in [-0.1, -0.05) is 31.5 Å². The van der Waals surface area contributed by atoms with Gasteiger partial charge in [0.15, 0.2) is 0 Å². The second-order valence-electron chi connectivity index (χ2n) is 5.39. The van der Waals surface area contributed by atoms with E-state index in [0.29, 0.717) is 0 Å². The summed E-state index contributed by atoms with van der Waals surface area (Å²) in [7, 11) is 0. The standard InChI is InChI=1S/C16H24N2/c1-4-14-9-5-6-10-15(14)18-12-8-7-11-16(2,3)13-17/h5-6,9-10,18H,4,7-8,11-12H2,1-3H3. The zero-order valence-corrected chi connectivity index (χ0v) is 11.8. The van der Waals surface area contributed by atoms with Crippen LogP contribution in [0.1, 0.15) is 45.6 Å². The van der Waals surface area contributed by atoms with Gasteiger partial charge in [0.1, 0.15) is 0 Å². The van der Waals surface area contributed by atoms with Crippen LogP contribution in [0.2, 0.25) is 0 Å². The second kappa shape index (κ2) is 7.06. The minimum atomic E-state index is -0.179. The summed E-state index contributed by atoms with van der Waals surface area (Å²) >= 11 is 0. The lowest BCUT2D eigenvalue weighted by molar-refractivity contribution is 0.430. The van der Waals surface area contributed by atoms with Crippen molar-refractivity contribution in [2.75, 3.05) is 11.9 Å². The van der Waals surface area contributed by atoms with Crippen LogP contribution in [0.4, 0.5) is 5.69 Å². The van der Waals surface area contributed by atoms with Crippen LogP contribution in [0, 0.1) is 16.7 Å². The highest BCUT2D eigenvalue weighted by molar-refractivity contribution is 5.50. The van der Waals surface area contributed by atoms with Gasteiger partial charge in [0.05, 0.1) is 11.5 Å². The topological polar surface area (TPSA) is 35.8 Å². The van der Waals surface area contributed by atoms with Gasteiger partial charge in [-0.2, -0.15) is 5.26 Å². The molecule has 0 saturated carbocycles. The quantitative estimate of drug-likeness (QED) is 0.722. The Labute approximate surface area is 111 Å². The molecule has 0 unspecified atom stereocenters. The van der Waals surface area contributed by atoms with E-state index in [1.54, 1.807) is 0 Å². The number of para-hydroxylation sites is 1. The molecule has 0 amide bonds. The van der Waals surface area contributed by atoms with E-state index in [1.165, 1.54) is 11.3 Å². The molecule has 0 aromatic heterocycles. The maximum Gasteiger partial charge on any atom is 0.0683 e. The second-order valence-corrected chi connectivity index (χ2v) is 5.39. The monoisotopic (exact) mass is 244 g/mol. The number of nitrogens with zero attached hydrogens (tertiary/aromatic N) is 1. The molecule has 0 saturated heterocycles. The molecule has 1 aromatic carbocycles. The van der Waals surface area contributed by atoms with E-state index in [4.69, 9.17) is 5.26 Å². The molecule has 18 heavy (non-hydrogen) atoms. The predicted octanol–water partition coefficient (Wildman–Crippen LogP) is 4.38. The zero-order valence-electron chi connectivity index (χ0n) is 11.8. The van der Waals surface area contributed by atoms with Crippen LogP contribution in [0.25, 0.3) is 0 Å². The van der Waals surface area contributed by atoms with Crippen LogP contribution in [-0.4, -0.2) is 6.54 Å². The number of hydrogen-bond donors (Lipinski definition) is 1. The Morgan fingerprint density at radius 3 is 2.61 bits per heavy atom. The lowest BCUT2D eigenvalue weighted by Gasteiger charge is -2.15. The summed E-state index contributed by atoms with van der Waals surface area (Å²) in [5.41, 5.74) is 2.44. The van der Waals surface area contributed by atoms with E-state index in [2.05, 4.69) is 42.6 Å². The first-order chi connectivity index (χ1) is 8.59. The van der Waals surface area contributed by atoms with Gasteiger partial charge in [0, 0.05) is 12.2 Å². The van der Waals surface area contributed by atoms with Crippen molar-refractivity contribution in [1.82, 2.24) is 0 Å². The third-order valence-corrected chi connectivity index (χ3v) is 3.24. The number of rotatable bonds is 7. The maximum atomic E-state index is 8.93. The van der Waals surface area contributed by atoms with Gasteiger partial charge in [0.25, 0.3) is 0 Å². The van der Waals surface area contributed by atoms with Crippen molar-refractivity contribution in [1.29, 1.82) is 5.26 Å². The highest BCUT2D eigenvalue weighted by atomic mass is 14.9. The molecular formula is C16H24N2. The fourth-order valence-corrected chi connectivity index (χ4v) is 1.97. The molecule has 0 aliphatic carbocycles. The maximum absolute atomic E-state index is 8.93. The molecule has 0 bridgehead atoms. The molecule has 2 heteroatoms. The first-order valence-electron chi connectivity index (χ1n) is 6.82. The number of anilines is 1. The summed E-state index contributed by atoms with van der Waals surface area (Å²) in [6.07, 6.45) is 4.25. The molecule has 0 fully saturated rings. The highest BCUT2D eigenvalue weighted by Crippen LogP contribution is 2.22. The normalized spacial score (nSPS) is 11.0. The molecule has 0 heterocycles. The van der Waals surface area contributed by atoms with Gasteiger partial charge in [-0.05, 0) is 44.7 Å². The summed E-state index contributed by atoms with van der Waals surface area (Å²) in [6.45, 7) is 7.17. The molecule has 2 nitrogen and oxygen atoms in total. The Balaban J connectivity index is 2.28. The Morgan fingerprint density at radius 2 is 1.94 bits per heavy atom. The molecule has 0 aliphatic heterocycles. The van der Waals surface area contributed by atoms with Crippen LogP contribution in [0.5, 0.6) is 0 Å². The molecule has 0 spiro atoms. The Morgan fingerprint density at radius 1 is 1.22 bits per heavy atom. The van der Waals surface area contributed by atoms with E-state index in [0.717, 1.165) is 32.2 Å². The molecule has 1 N–H and O–H groups in total. The lowest BCUT2D eigenvalue weighted by atomic mass is 9.89. The minimum absolute atomic E-state index is 0.179. The molecule has 0 aliphatic rings. The van der Waals surface area contributed by atoms with Crippen molar-refractivity contribution in [3.63, 3.8) is 0 Å². The fraction of sp³-hybridized carbons (Fsp3) is 0.562. The summed E-state index contributed by atoms with van der Waals surface area (Å²) in [5.74, 6) is 0. The van der Waals surface area contributed by atoms with Crippen LogP contribution >= 0.6 is 0 Å². The lowest BCUT2D eigenvalue weighted by Crippen LogP contribution is -2.09. The van der Waals surface area contributed by atoms with E-state index >= 15 is 0 Å². The van der Waals surface area contributed by atoms with Crippen LogP contribution in [-0.2, 0) is 6.42 Å². The molecule has 0 radical (unpaired) electrons. The van der Waals surface area contributed by atoms with Gasteiger partial charge in [-0.3, -0.25) is 0 Å². The average Bonchev–Trinajstić information content (AvgIpc) is 2.38. The first kappa shape index (κ1) is 14.6. The first-order valence-corrected chi connectivity index (χ1v) is 6.82. The number of benzene rings is 1. The SMILES string of the molecule is CCc1ccccc1NCCCCC(C)(C)C#N. The van der Waals surface area contributed by atoms with Gasteiger partial charge in [0.2, 0.25) is 0 Å². The Kier molecular flexibility index (Phi) is 5.71. The molecular weight excluding hydrogens is 220 g/mol. The van der Waals surface area contributed by atoms with E-state index < -0.39 is 0 Å². The fourth-order valence-electron chi connectivity index (χ4n) is 1.97. The number of unbranched alkanes of at least 4 members (excludes halogenated alkanes) is 1. The number of nitrogens with one attached hydrogen (secondary N) is 1. The summed E-state index contributed by atoms with van der Waals surface area (Å²) in [4.78, 5) is 0. The molecule has 0 atom stereocenters. The van der Waals surface area contributed by atoms with Gasteiger partial charge in [-0.25, -0.2) is 0 Å². The van der Waals surface area contributed by atoms with E-state index in [1.807, 2.05) is 13.8 Å². The van der Waals surface area contributed by atoms with Crippen molar-refractivity contribution in [2.24, 2.45) is 5.41 Å². The van der Waals surface area contributed by atoms with E-state index in [-0.39, 0.29) is 5.41 Å². The third kappa shape index (κ3) is 4.79. The molecule has 1 rings (SSSR count). The van der Waals surface area contributed by atoms with Crippen LogP contribution < -0.4 is 5.32 Å². The average molecular weight is 244 g/mol. The summed E-state index contributed by atoms with van der Waals surface area (Å²) in [6, 6.07) is 10.8. The van der Waals surface area contributed by atoms with E-state index in [9.17, 15) is 0 Å². The summed E-state index contributed by atoms with van der Waals surface area (Å²) in [5, 5.41) is 12.4. The predicted molar refractivity (Wildman–Crippen MR) is 77.6 cm³/mol. The minimum Gasteiger partial charge on any atom is -0.385 e.